The van der Waals surface area contributed by atoms with E-state index in [1.165, 1.54) is 0 Å². The lowest BCUT2D eigenvalue weighted by atomic mass is 9.79. The Morgan fingerprint density at radius 2 is 1.50 bits per heavy atom. The maximum atomic E-state index is 11.7. The van der Waals surface area contributed by atoms with Gasteiger partial charge in [-0.25, -0.2) is 0 Å². The fourth-order valence-corrected chi connectivity index (χ4v) is 2.51. The number of carbonyl (C=O) groups is 2. The molecule has 0 aromatic heterocycles. The third-order valence-electron chi connectivity index (χ3n) is 3.30. The Bertz CT molecular complexity index is 295. The smallest absolute Gasteiger partial charge is 0.306 e. The molecule has 1 aliphatic carbocycles. The predicted octanol–water partition coefficient (Wildman–Crippen LogP) is 3.00. The zero-order chi connectivity index (χ0) is 13.8. The van der Waals surface area contributed by atoms with E-state index in [4.69, 9.17) is 9.84 Å². The normalized spacial score (nSPS) is 24.6. The van der Waals surface area contributed by atoms with Gasteiger partial charge in [0.05, 0.1) is 0 Å². The van der Waals surface area contributed by atoms with Crippen molar-refractivity contribution in [3.63, 3.8) is 0 Å². The summed E-state index contributed by atoms with van der Waals surface area (Å²) in [5.74, 6) is -0.197. The number of hydrogen-bond donors (Lipinski definition) is 1. The number of carboxylic acids is 1. The zero-order valence-corrected chi connectivity index (χ0v) is 11.6. The van der Waals surface area contributed by atoms with Gasteiger partial charge in [-0.05, 0) is 58.3 Å². The second-order valence-corrected chi connectivity index (χ2v) is 6.28. The summed E-state index contributed by atoms with van der Waals surface area (Å²) in [5, 5.41) is 8.73. The van der Waals surface area contributed by atoms with Crippen LogP contribution in [0.3, 0.4) is 0 Å². The van der Waals surface area contributed by atoms with Gasteiger partial charge in [0.25, 0.3) is 0 Å². The number of carboxylic acid groups (broad SMARTS) is 1. The van der Waals surface area contributed by atoms with Gasteiger partial charge in [0, 0.05) is 12.8 Å². The highest BCUT2D eigenvalue weighted by molar-refractivity contribution is 5.70. The lowest BCUT2D eigenvalue weighted by Gasteiger charge is -2.28. The van der Waals surface area contributed by atoms with Crippen LogP contribution in [0.25, 0.3) is 0 Å². The molecule has 0 aromatic carbocycles. The van der Waals surface area contributed by atoms with Gasteiger partial charge in [-0.2, -0.15) is 0 Å². The van der Waals surface area contributed by atoms with Crippen molar-refractivity contribution in [2.45, 2.75) is 64.9 Å². The van der Waals surface area contributed by atoms with Gasteiger partial charge in [-0.15, -0.1) is 0 Å². The van der Waals surface area contributed by atoms with Crippen LogP contribution in [0.15, 0.2) is 0 Å². The summed E-state index contributed by atoms with van der Waals surface area (Å²) < 4.78 is 5.30. The van der Waals surface area contributed by atoms with Crippen LogP contribution in [-0.4, -0.2) is 22.6 Å². The van der Waals surface area contributed by atoms with Crippen molar-refractivity contribution >= 4 is 11.9 Å². The molecule has 0 aliphatic heterocycles. The first kappa shape index (κ1) is 15.0. The summed E-state index contributed by atoms with van der Waals surface area (Å²) in [7, 11) is 0. The summed E-state index contributed by atoms with van der Waals surface area (Å²) >= 11 is 0. The predicted molar refractivity (Wildman–Crippen MR) is 68.2 cm³/mol. The van der Waals surface area contributed by atoms with E-state index in [0.29, 0.717) is 12.3 Å². The monoisotopic (exact) mass is 256 g/mol. The maximum Gasteiger partial charge on any atom is 0.306 e. The van der Waals surface area contributed by atoms with E-state index >= 15 is 0 Å². The Hall–Kier alpha value is -1.06. The molecule has 0 amide bonds. The molecule has 0 heterocycles. The maximum absolute atomic E-state index is 11.7. The molecular weight excluding hydrogens is 232 g/mol. The quantitative estimate of drug-likeness (QED) is 0.785. The zero-order valence-electron chi connectivity index (χ0n) is 11.6. The third kappa shape index (κ3) is 6.03. The van der Waals surface area contributed by atoms with E-state index < -0.39 is 11.6 Å². The Kier molecular flexibility index (Phi) is 5.17. The fourth-order valence-electron chi connectivity index (χ4n) is 2.51. The number of esters is 1. The number of aliphatic carboxylic acids is 1. The second kappa shape index (κ2) is 6.21. The standard InChI is InChI=1S/C14H24O4/c1-14(2,3)18-13(17)9-11-6-4-10(5-7-11)8-12(15)16/h10-11H,4-9H2,1-3H3,(H,15,16). The largest absolute Gasteiger partial charge is 0.481 e. The fraction of sp³-hybridized carbons (Fsp3) is 0.857. The molecule has 104 valence electrons. The van der Waals surface area contributed by atoms with Gasteiger partial charge in [0.1, 0.15) is 5.60 Å². The number of rotatable bonds is 4. The van der Waals surface area contributed by atoms with Crippen LogP contribution in [0.5, 0.6) is 0 Å². The molecular formula is C14H24O4. The van der Waals surface area contributed by atoms with Crippen molar-refractivity contribution in [3.8, 4) is 0 Å². The molecule has 0 aromatic rings. The summed E-state index contributed by atoms with van der Waals surface area (Å²) in [4.78, 5) is 22.3. The van der Waals surface area contributed by atoms with E-state index in [1.807, 2.05) is 20.8 Å². The summed E-state index contributed by atoms with van der Waals surface area (Å²) in [5.41, 5.74) is -0.419. The molecule has 0 saturated heterocycles. The van der Waals surface area contributed by atoms with Gasteiger partial charge in [0.2, 0.25) is 0 Å². The van der Waals surface area contributed by atoms with Gasteiger partial charge >= 0.3 is 11.9 Å². The van der Waals surface area contributed by atoms with Gasteiger partial charge < -0.3 is 9.84 Å². The minimum Gasteiger partial charge on any atom is -0.481 e. The molecule has 1 saturated carbocycles. The highest BCUT2D eigenvalue weighted by Gasteiger charge is 2.26. The van der Waals surface area contributed by atoms with Crippen molar-refractivity contribution in [1.82, 2.24) is 0 Å². The molecule has 0 bridgehead atoms. The van der Waals surface area contributed by atoms with E-state index in [9.17, 15) is 9.59 Å². The number of carbonyl (C=O) groups excluding carboxylic acids is 1. The molecule has 0 radical (unpaired) electrons. The average Bonchev–Trinajstić information content (AvgIpc) is 2.17. The third-order valence-corrected chi connectivity index (χ3v) is 3.30. The Morgan fingerprint density at radius 1 is 1.06 bits per heavy atom. The summed E-state index contributed by atoms with van der Waals surface area (Å²) in [6, 6.07) is 0. The topological polar surface area (TPSA) is 63.6 Å². The first-order valence-corrected chi connectivity index (χ1v) is 6.70. The highest BCUT2D eigenvalue weighted by Crippen LogP contribution is 2.33. The Labute approximate surface area is 109 Å². The van der Waals surface area contributed by atoms with E-state index in [1.54, 1.807) is 0 Å². The number of ether oxygens (including phenoxy) is 1. The minimum atomic E-state index is -0.717. The molecule has 0 spiro atoms. The van der Waals surface area contributed by atoms with Crippen molar-refractivity contribution < 1.29 is 19.4 Å². The molecule has 0 atom stereocenters. The summed E-state index contributed by atoms with van der Waals surface area (Å²) in [6.45, 7) is 5.61. The van der Waals surface area contributed by atoms with Crippen molar-refractivity contribution in [1.29, 1.82) is 0 Å². The first-order valence-electron chi connectivity index (χ1n) is 6.70. The van der Waals surface area contributed by atoms with Crippen molar-refractivity contribution in [2.24, 2.45) is 11.8 Å². The Balaban J connectivity index is 2.27. The Morgan fingerprint density at radius 3 is 1.89 bits per heavy atom. The second-order valence-electron chi connectivity index (χ2n) is 6.28. The molecule has 1 fully saturated rings. The van der Waals surface area contributed by atoms with Crippen LogP contribution in [0.2, 0.25) is 0 Å². The molecule has 4 nitrogen and oxygen atoms in total. The molecule has 0 unspecified atom stereocenters. The van der Waals surface area contributed by atoms with E-state index in [0.717, 1.165) is 25.7 Å². The van der Waals surface area contributed by atoms with Crippen LogP contribution < -0.4 is 0 Å². The molecule has 4 heteroatoms. The van der Waals surface area contributed by atoms with Crippen LogP contribution in [-0.2, 0) is 14.3 Å². The number of hydrogen-bond acceptors (Lipinski definition) is 3. The molecule has 18 heavy (non-hydrogen) atoms. The van der Waals surface area contributed by atoms with Crippen molar-refractivity contribution in [2.75, 3.05) is 0 Å². The van der Waals surface area contributed by atoms with Crippen LogP contribution in [0, 0.1) is 11.8 Å². The van der Waals surface area contributed by atoms with E-state index in [2.05, 4.69) is 0 Å². The lowest BCUT2D eigenvalue weighted by molar-refractivity contribution is -0.156. The van der Waals surface area contributed by atoms with Gasteiger partial charge in [0.15, 0.2) is 0 Å². The SMILES string of the molecule is CC(C)(C)OC(=O)CC1CCC(CC(=O)O)CC1. The van der Waals surface area contributed by atoms with Crippen molar-refractivity contribution in [3.05, 3.63) is 0 Å². The van der Waals surface area contributed by atoms with E-state index in [-0.39, 0.29) is 18.3 Å². The average molecular weight is 256 g/mol. The van der Waals surface area contributed by atoms with Crippen LogP contribution in [0.1, 0.15) is 59.3 Å². The molecule has 1 rings (SSSR count). The molecule has 1 aliphatic rings. The highest BCUT2D eigenvalue weighted by atomic mass is 16.6. The van der Waals surface area contributed by atoms with Crippen LogP contribution >= 0.6 is 0 Å². The van der Waals surface area contributed by atoms with Crippen LogP contribution in [0.4, 0.5) is 0 Å². The summed E-state index contributed by atoms with van der Waals surface area (Å²) in [6.07, 6.45) is 4.45. The first-order chi connectivity index (χ1) is 8.26. The van der Waals surface area contributed by atoms with Gasteiger partial charge in [-0.3, -0.25) is 9.59 Å². The lowest BCUT2D eigenvalue weighted by Crippen LogP contribution is -2.26. The molecule has 1 N–H and O–H groups in total. The van der Waals surface area contributed by atoms with Gasteiger partial charge in [-0.1, -0.05) is 0 Å². The minimum absolute atomic E-state index is 0.135.